The van der Waals surface area contributed by atoms with E-state index in [9.17, 15) is 9.59 Å². The molecule has 112 valence electrons. The zero-order valence-corrected chi connectivity index (χ0v) is 13.0. The van der Waals surface area contributed by atoms with Crippen LogP contribution >= 0.6 is 11.3 Å². The van der Waals surface area contributed by atoms with Crippen molar-refractivity contribution in [3.63, 3.8) is 0 Å². The van der Waals surface area contributed by atoms with Crippen LogP contribution in [-0.2, 0) is 4.79 Å². The highest BCUT2D eigenvalue weighted by Crippen LogP contribution is 2.42. The molecule has 1 aliphatic rings. The molecule has 1 amide bonds. The van der Waals surface area contributed by atoms with Crippen LogP contribution in [0.25, 0.3) is 6.08 Å². The number of thiazole rings is 1. The van der Waals surface area contributed by atoms with E-state index in [1.807, 2.05) is 11.6 Å². The number of nitrogens with zero attached hydrogens (tertiary/aromatic N) is 1. The van der Waals surface area contributed by atoms with Crippen molar-refractivity contribution in [3.05, 3.63) is 52.0 Å². The lowest BCUT2D eigenvalue weighted by atomic mass is 10.1. The number of rotatable bonds is 5. The zero-order valence-electron chi connectivity index (χ0n) is 12.2. The molecule has 1 aromatic carbocycles. The summed E-state index contributed by atoms with van der Waals surface area (Å²) in [5.74, 6) is 0.338. The second-order valence-electron chi connectivity index (χ2n) is 5.34. The standard InChI is InChI=1S/C17H16N2O2S/c1-11(20)19-14-4-2-3-13(9-14)15(21)7-8-16-17(12-5-6-12)18-10-22-16/h2-4,7-10,12H,5-6H2,1H3,(H,19,20). The average Bonchev–Trinajstić information content (AvgIpc) is 3.23. The number of nitrogens with one attached hydrogen (secondary N) is 1. The van der Waals surface area contributed by atoms with Crippen molar-refractivity contribution in [1.82, 2.24) is 4.98 Å². The molecule has 0 radical (unpaired) electrons. The summed E-state index contributed by atoms with van der Waals surface area (Å²) in [7, 11) is 0. The largest absolute Gasteiger partial charge is 0.326 e. The first-order chi connectivity index (χ1) is 10.6. The Bertz CT molecular complexity index is 745. The van der Waals surface area contributed by atoms with Gasteiger partial charge in [0.05, 0.1) is 16.1 Å². The Labute approximate surface area is 132 Å². The fourth-order valence-electron chi connectivity index (χ4n) is 2.25. The Morgan fingerprint density at radius 1 is 1.36 bits per heavy atom. The van der Waals surface area contributed by atoms with Crippen LogP contribution in [-0.4, -0.2) is 16.7 Å². The third kappa shape index (κ3) is 3.49. The van der Waals surface area contributed by atoms with Crippen molar-refractivity contribution in [1.29, 1.82) is 0 Å². The zero-order chi connectivity index (χ0) is 15.5. The van der Waals surface area contributed by atoms with Crippen LogP contribution in [0, 0.1) is 0 Å². The van der Waals surface area contributed by atoms with Gasteiger partial charge < -0.3 is 5.32 Å². The van der Waals surface area contributed by atoms with Crippen molar-refractivity contribution in [3.8, 4) is 0 Å². The quantitative estimate of drug-likeness (QED) is 0.673. The van der Waals surface area contributed by atoms with Crippen LogP contribution in [0.4, 0.5) is 5.69 Å². The maximum atomic E-state index is 12.3. The summed E-state index contributed by atoms with van der Waals surface area (Å²) in [6.45, 7) is 1.44. The van der Waals surface area contributed by atoms with Crippen molar-refractivity contribution < 1.29 is 9.59 Å². The van der Waals surface area contributed by atoms with Crippen LogP contribution in [0.5, 0.6) is 0 Å². The van der Waals surface area contributed by atoms with Gasteiger partial charge in [-0.1, -0.05) is 12.1 Å². The van der Waals surface area contributed by atoms with Gasteiger partial charge >= 0.3 is 0 Å². The molecule has 5 heteroatoms. The van der Waals surface area contributed by atoms with Gasteiger partial charge in [0.1, 0.15) is 0 Å². The van der Waals surface area contributed by atoms with Gasteiger partial charge in [-0.05, 0) is 37.1 Å². The molecular weight excluding hydrogens is 296 g/mol. The summed E-state index contributed by atoms with van der Waals surface area (Å²) in [5.41, 5.74) is 4.12. The van der Waals surface area contributed by atoms with Gasteiger partial charge in [-0.2, -0.15) is 0 Å². The average molecular weight is 312 g/mol. The molecule has 2 aromatic rings. The molecule has 1 aromatic heterocycles. The number of anilines is 1. The number of carbonyl (C=O) groups is 2. The van der Waals surface area contributed by atoms with E-state index in [-0.39, 0.29) is 11.7 Å². The Balaban J connectivity index is 1.75. The topological polar surface area (TPSA) is 59.1 Å². The SMILES string of the molecule is CC(=O)Nc1cccc(C(=O)C=Cc2scnc2C2CC2)c1. The molecule has 0 saturated heterocycles. The van der Waals surface area contributed by atoms with E-state index in [0.717, 1.165) is 10.6 Å². The first-order valence-electron chi connectivity index (χ1n) is 7.17. The van der Waals surface area contributed by atoms with Crippen molar-refractivity contribution in [2.45, 2.75) is 25.7 Å². The number of hydrogen-bond acceptors (Lipinski definition) is 4. The summed E-state index contributed by atoms with van der Waals surface area (Å²) in [4.78, 5) is 28.8. The van der Waals surface area contributed by atoms with Gasteiger partial charge in [0.25, 0.3) is 0 Å². The minimum absolute atomic E-state index is 0.0812. The lowest BCUT2D eigenvalue weighted by Crippen LogP contribution is -2.06. The third-order valence-electron chi connectivity index (χ3n) is 3.44. The molecule has 1 saturated carbocycles. The molecule has 0 spiro atoms. The van der Waals surface area contributed by atoms with Crippen LogP contribution in [0.15, 0.2) is 35.9 Å². The maximum absolute atomic E-state index is 12.3. The number of hydrogen-bond donors (Lipinski definition) is 1. The van der Waals surface area contributed by atoms with E-state index >= 15 is 0 Å². The van der Waals surface area contributed by atoms with Crippen LogP contribution in [0.3, 0.4) is 0 Å². The van der Waals surface area contributed by atoms with Crippen LogP contribution in [0.1, 0.15) is 46.6 Å². The summed E-state index contributed by atoms with van der Waals surface area (Å²) in [5, 5.41) is 2.68. The smallest absolute Gasteiger partial charge is 0.221 e. The van der Waals surface area contributed by atoms with E-state index in [2.05, 4.69) is 10.3 Å². The number of carbonyl (C=O) groups excluding carboxylic acids is 2. The predicted octanol–water partition coefficient (Wildman–Crippen LogP) is 3.88. The molecule has 0 bridgehead atoms. The molecule has 1 N–H and O–H groups in total. The highest BCUT2D eigenvalue weighted by Gasteiger charge is 2.27. The van der Waals surface area contributed by atoms with E-state index in [4.69, 9.17) is 0 Å². The van der Waals surface area contributed by atoms with Crippen molar-refractivity contribution >= 4 is 34.8 Å². The Morgan fingerprint density at radius 3 is 2.91 bits per heavy atom. The fraction of sp³-hybridized carbons (Fsp3) is 0.235. The van der Waals surface area contributed by atoms with Gasteiger partial charge in [-0.25, -0.2) is 4.98 Å². The second-order valence-corrected chi connectivity index (χ2v) is 6.22. The minimum Gasteiger partial charge on any atom is -0.326 e. The van der Waals surface area contributed by atoms with Crippen LogP contribution in [0.2, 0.25) is 0 Å². The number of ketones is 1. The van der Waals surface area contributed by atoms with E-state index in [1.165, 1.54) is 19.8 Å². The van der Waals surface area contributed by atoms with Crippen LogP contribution < -0.4 is 5.32 Å². The summed E-state index contributed by atoms with van der Waals surface area (Å²) in [6.07, 6.45) is 5.81. The number of aromatic nitrogens is 1. The second kappa shape index (κ2) is 6.23. The fourth-order valence-corrected chi connectivity index (χ4v) is 3.02. The normalized spacial score (nSPS) is 14.2. The molecule has 22 heavy (non-hydrogen) atoms. The number of amides is 1. The third-order valence-corrected chi connectivity index (χ3v) is 4.25. The molecule has 0 aliphatic heterocycles. The van der Waals surface area contributed by atoms with Gasteiger partial charge in [0.2, 0.25) is 5.91 Å². The Morgan fingerprint density at radius 2 is 2.18 bits per heavy atom. The van der Waals surface area contributed by atoms with Gasteiger partial charge in [-0.3, -0.25) is 9.59 Å². The molecule has 0 unspecified atom stereocenters. The minimum atomic E-state index is -0.154. The number of benzene rings is 1. The van der Waals surface area contributed by atoms with Gasteiger partial charge in [0.15, 0.2) is 5.78 Å². The molecule has 3 rings (SSSR count). The predicted molar refractivity (Wildman–Crippen MR) is 88.2 cm³/mol. The van der Waals surface area contributed by atoms with E-state index < -0.39 is 0 Å². The number of allylic oxidation sites excluding steroid dienone is 1. The molecule has 4 nitrogen and oxygen atoms in total. The van der Waals surface area contributed by atoms with Crippen molar-refractivity contribution in [2.75, 3.05) is 5.32 Å². The van der Waals surface area contributed by atoms with Gasteiger partial charge in [0, 0.05) is 24.1 Å². The van der Waals surface area contributed by atoms with Gasteiger partial charge in [-0.15, -0.1) is 11.3 Å². The molecular formula is C17H16N2O2S. The summed E-state index contributed by atoms with van der Waals surface area (Å²) in [6, 6.07) is 6.94. The highest BCUT2D eigenvalue weighted by atomic mass is 32.1. The lowest BCUT2D eigenvalue weighted by Gasteiger charge is -2.03. The molecule has 1 heterocycles. The summed E-state index contributed by atoms with van der Waals surface area (Å²) >= 11 is 1.56. The van der Waals surface area contributed by atoms with E-state index in [0.29, 0.717) is 17.2 Å². The first kappa shape index (κ1) is 14.7. The van der Waals surface area contributed by atoms with E-state index in [1.54, 1.807) is 41.7 Å². The molecule has 0 atom stereocenters. The summed E-state index contributed by atoms with van der Waals surface area (Å²) < 4.78 is 0. The Hall–Kier alpha value is -2.27. The van der Waals surface area contributed by atoms with Crippen molar-refractivity contribution in [2.24, 2.45) is 0 Å². The molecule has 1 aliphatic carbocycles. The molecule has 1 fully saturated rings. The maximum Gasteiger partial charge on any atom is 0.221 e. The highest BCUT2D eigenvalue weighted by molar-refractivity contribution is 7.10. The lowest BCUT2D eigenvalue weighted by molar-refractivity contribution is -0.114. The monoisotopic (exact) mass is 312 g/mol. The Kier molecular flexibility index (Phi) is 4.15. The first-order valence-corrected chi connectivity index (χ1v) is 8.05.